The molecule has 3 aromatic rings. The zero-order chi connectivity index (χ0) is 20.1. The minimum Gasteiger partial charge on any atom is -0.506 e. The second-order valence-electron chi connectivity index (χ2n) is 7.94. The Labute approximate surface area is 172 Å². The summed E-state index contributed by atoms with van der Waals surface area (Å²) in [6, 6.07) is 22.5. The highest BCUT2D eigenvalue weighted by Crippen LogP contribution is 2.39. The summed E-state index contributed by atoms with van der Waals surface area (Å²) < 4.78 is 0. The van der Waals surface area contributed by atoms with Gasteiger partial charge in [0.15, 0.2) is 0 Å². The van der Waals surface area contributed by atoms with Crippen molar-refractivity contribution in [3.05, 3.63) is 77.9 Å². The van der Waals surface area contributed by atoms with E-state index >= 15 is 0 Å². The Morgan fingerprint density at radius 3 is 2.11 bits per heavy atom. The Kier molecular flexibility index (Phi) is 6.20. The van der Waals surface area contributed by atoms with Crippen molar-refractivity contribution in [1.29, 1.82) is 0 Å². The van der Waals surface area contributed by atoms with Crippen LogP contribution in [0, 0.1) is 6.92 Å². The predicted molar refractivity (Wildman–Crippen MR) is 122 cm³/mol. The first-order valence-corrected chi connectivity index (χ1v) is 10.4. The van der Waals surface area contributed by atoms with Crippen LogP contribution >= 0.6 is 11.8 Å². The average Bonchev–Trinajstić information content (AvgIpc) is 2.65. The van der Waals surface area contributed by atoms with Crippen molar-refractivity contribution in [1.82, 2.24) is 0 Å². The number of nitrogens with one attached hydrogen (secondary N) is 2. The Bertz CT molecular complexity index is 916. The Morgan fingerprint density at radius 2 is 1.46 bits per heavy atom. The van der Waals surface area contributed by atoms with E-state index in [4.69, 9.17) is 0 Å². The molecule has 28 heavy (non-hydrogen) atoms. The molecule has 0 atom stereocenters. The van der Waals surface area contributed by atoms with Gasteiger partial charge < -0.3 is 15.7 Å². The van der Waals surface area contributed by atoms with E-state index in [-0.39, 0.29) is 5.41 Å². The minimum atomic E-state index is -0.0829. The zero-order valence-electron chi connectivity index (χ0n) is 16.9. The summed E-state index contributed by atoms with van der Waals surface area (Å²) in [5.74, 6) is 1.08. The van der Waals surface area contributed by atoms with E-state index < -0.39 is 0 Å². The van der Waals surface area contributed by atoms with Crippen LogP contribution in [0.2, 0.25) is 0 Å². The van der Waals surface area contributed by atoms with Crippen LogP contribution in [0.3, 0.4) is 0 Å². The second kappa shape index (κ2) is 8.61. The standard InChI is InChI=1S/C24H28N2OS/c1-17-14-21(24(2,3)4)23(27)22(15-17)28-16-25-18-10-12-20(13-11-18)26-19-8-6-5-7-9-19/h5-15,25-27H,16H2,1-4H3. The van der Waals surface area contributed by atoms with Crippen molar-refractivity contribution < 1.29 is 5.11 Å². The second-order valence-corrected chi connectivity index (χ2v) is 8.96. The number of hydrogen-bond acceptors (Lipinski definition) is 4. The summed E-state index contributed by atoms with van der Waals surface area (Å²) in [7, 11) is 0. The molecule has 0 fully saturated rings. The summed E-state index contributed by atoms with van der Waals surface area (Å²) in [5.41, 5.74) is 5.25. The van der Waals surface area contributed by atoms with Crippen LogP contribution in [-0.4, -0.2) is 11.0 Å². The SMILES string of the molecule is Cc1cc(SCNc2ccc(Nc3ccccc3)cc2)c(O)c(C(C)(C)C)c1. The van der Waals surface area contributed by atoms with E-state index in [0.29, 0.717) is 11.6 Å². The van der Waals surface area contributed by atoms with Crippen LogP contribution in [-0.2, 0) is 5.41 Å². The van der Waals surface area contributed by atoms with Crippen LogP contribution < -0.4 is 10.6 Å². The van der Waals surface area contributed by atoms with Crippen LogP contribution in [0.5, 0.6) is 5.75 Å². The number of para-hydroxylation sites is 1. The van der Waals surface area contributed by atoms with Gasteiger partial charge in [-0.15, -0.1) is 11.8 Å². The molecule has 0 aliphatic heterocycles. The van der Waals surface area contributed by atoms with Crippen molar-refractivity contribution >= 4 is 28.8 Å². The fourth-order valence-corrected chi connectivity index (χ4v) is 3.89. The lowest BCUT2D eigenvalue weighted by Crippen LogP contribution is -2.12. The number of hydrogen-bond donors (Lipinski definition) is 3. The summed E-state index contributed by atoms with van der Waals surface area (Å²) in [4.78, 5) is 0.916. The van der Waals surface area contributed by atoms with Gasteiger partial charge in [-0.1, -0.05) is 45.0 Å². The maximum atomic E-state index is 10.7. The molecule has 0 spiro atoms. The molecule has 3 aromatic carbocycles. The first kappa shape index (κ1) is 20.2. The molecule has 0 saturated carbocycles. The molecule has 0 aliphatic carbocycles. The number of aromatic hydroxyl groups is 1. The number of benzene rings is 3. The third-order valence-corrected chi connectivity index (χ3v) is 5.39. The molecule has 0 radical (unpaired) electrons. The van der Waals surface area contributed by atoms with E-state index in [1.54, 1.807) is 11.8 Å². The fraction of sp³-hybridized carbons (Fsp3) is 0.250. The van der Waals surface area contributed by atoms with Gasteiger partial charge in [-0.3, -0.25) is 0 Å². The zero-order valence-corrected chi connectivity index (χ0v) is 17.7. The maximum absolute atomic E-state index is 10.7. The van der Waals surface area contributed by atoms with Crippen molar-refractivity contribution in [2.75, 3.05) is 16.5 Å². The molecule has 0 aliphatic rings. The first-order chi connectivity index (χ1) is 13.3. The van der Waals surface area contributed by atoms with Gasteiger partial charge in [-0.2, -0.15) is 0 Å². The molecule has 0 unspecified atom stereocenters. The molecule has 0 heterocycles. The Balaban J connectivity index is 1.60. The molecule has 0 amide bonds. The van der Waals surface area contributed by atoms with Gasteiger partial charge >= 0.3 is 0 Å². The third kappa shape index (κ3) is 5.23. The lowest BCUT2D eigenvalue weighted by molar-refractivity contribution is 0.434. The minimum absolute atomic E-state index is 0.0829. The van der Waals surface area contributed by atoms with Crippen LogP contribution in [0.25, 0.3) is 0 Å². The Hall–Kier alpha value is -2.59. The highest BCUT2D eigenvalue weighted by Gasteiger charge is 2.20. The molecule has 146 valence electrons. The fourth-order valence-electron chi connectivity index (χ4n) is 2.98. The topological polar surface area (TPSA) is 44.3 Å². The number of thioether (sulfide) groups is 1. The maximum Gasteiger partial charge on any atom is 0.132 e. The van der Waals surface area contributed by atoms with Gasteiger partial charge in [-0.05, 0) is 60.4 Å². The number of anilines is 3. The van der Waals surface area contributed by atoms with Crippen molar-refractivity contribution in [3.8, 4) is 5.75 Å². The molecule has 0 aromatic heterocycles. The molecule has 0 saturated heterocycles. The van der Waals surface area contributed by atoms with E-state index in [0.717, 1.165) is 27.5 Å². The van der Waals surface area contributed by atoms with Gasteiger partial charge in [-0.25, -0.2) is 0 Å². The summed E-state index contributed by atoms with van der Waals surface area (Å²) in [6.07, 6.45) is 0. The molecular weight excluding hydrogens is 364 g/mol. The lowest BCUT2D eigenvalue weighted by Gasteiger charge is -2.22. The number of phenols is 1. The highest BCUT2D eigenvalue weighted by atomic mass is 32.2. The average molecular weight is 393 g/mol. The molecule has 0 bridgehead atoms. The van der Waals surface area contributed by atoms with Gasteiger partial charge in [0.2, 0.25) is 0 Å². The molecular formula is C24H28N2OS. The van der Waals surface area contributed by atoms with Crippen molar-refractivity contribution in [3.63, 3.8) is 0 Å². The van der Waals surface area contributed by atoms with Gasteiger partial charge in [0.05, 0.1) is 10.8 Å². The third-order valence-electron chi connectivity index (χ3n) is 4.48. The quantitative estimate of drug-likeness (QED) is 0.315. The van der Waals surface area contributed by atoms with Gasteiger partial charge in [0.1, 0.15) is 5.75 Å². The Morgan fingerprint density at radius 1 is 0.857 bits per heavy atom. The largest absolute Gasteiger partial charge is 0.506 e. The lowest BCUT2D eigenvalue weighted by atomic mass is 9.85. The number of aryl methyl sites for hydroxylation is 1. The molecule has 4 heteroatoms. The smallest absolute Gasteiger partial charge is 0.132 e. The van der Waals surface area contributed by atoms with Crippen LogP contribution in [0.4, 0.5) is 17.1 Å². The molecule has 3 N–H and O–H groups in total. The van der Waals surface area contributed by atoms with E-state index in [1.807, 2.05) is 36.4 Å². The van der Waals surface area contributed by atoms with E-state index in [2.05, 4.69) is 68.7 Å². The monoisotopic (exact) mass is 392 g/mol. The van der Waals surface area contributed by atoms with Crippen molar-refractivity contribution in [2.45, 2.75) is 38.0 Å². The van der Waals surface area contributed by atoms with Crippen molar-refractivity contribution in [2.24, 2.45) is 0 Å². The highest BCUT2D eigenvalue weighted by molar-refractivity contribution is 7.99. The van der Waals surface area contributed by atoms with E-state index in [1.165, 1.54) is 5.56 Å². The summed E-state index contributed by atoms with van der Waals surface area (Å²) in [5, 5.41) is 17.5. The van der Waals surface area contributed by atoms with E-state index in [9.17, 15) is 5.11 Å². The van der Waals surface area contributed by atoms with Crippen LogP contribution in [0.15, 0.2) is 71.6 Å². The van der Waals surface area contributed by atoms with Gasteiger partial charge in [0.25, 0.3) is 0 Å². The molecule has 3 nitrogen and oxygen atoms in total. The number of rotatable bonds is 6. The molecule has 3 rings (SSSR count). The number of phenolic OH excluding ortho intramolecular Hbond substituents is 1. The summed E-state index contributed by atoms with van der Waals surface area (Å²) in [6.45, 7) is 8.45. The van der Waals surface area contributed by atoms with Gasteiger partial charge in [0, 0.05) is 22.6 Å². The summed E-state index contributed by atoms with van der Waals surface area (Å²) >= 11 is 1.62. The predicted octanol–water partition coefficient (Wildman–Crippen LogP) is 6.90. The first-order valence-electron chi connectivity index (χ1n) is 9.46. The van der Waals surface area contributed by atoms with Crippen LogP contribution in [0.1, 0.15) is 31.9 Å². The normalized spacial score (nSPS) is 11.3.